The van der Waals surface area contributed by atoms with Crippen LogP contribution < -0.4 is 15.0 Å². The molecule has 0 spiro atoms. The van der Waals surface area contributed by atoms with Crippen molar-refractivity contribution < 1.29 is 9.53 Å². The first kappa shape index (κ1) is 18.3. The summed E-state index contributed by atoms with van der Waals surface area (Å²) in [5.74, 6) is 1.35. The maximum absolute atomic E-state index is 12.9. The molecule has 0 radical (unpaired) electrons. The molecule has 2 heterocycles. The van der Waals surface area contributed by atoms with E-state index < -0.39 is 0 Å². The Morgan fingerprint density at radius 2 is 2.08 bits per heavy atom. The summed E-state index contributed by atoms with van der Waals surface area (Å²) in [5, 5.41) is 2.96. The van der Waals surface area contributed by atoms with E-state index in [2.05, 4.69) is 41.1 Å². The molecule has 0 aliphatic carbocycles. The second-order valence-corrected chi connectivity index (χ2v) is 6.67. The van der Waals surface area contributed by atoms with Crippen molar-refractivity contribution in [3.63, 3.8) is 0 Å². The van der Waals surface area contributed by atoms with Crippen molar-refractivity contribution in [1.82, 2.24) is 19.8 Å². The van der Waals surface area contributed by atoms with Gasteiger partial charge in [0, 0.05) is 39.8 Å². The molecule has 0 saturated carbocycles. The molecule has 1 saturated heterocycles. The average molecular weight is 336 g/mol. The van der Waals surface area contributed by atoms with Crippen LogP contribution in [0.25, 0.3) is 0 Å². The Hall–Kier alpha value is -2.09. The Labute approximate surface area is 143 Å². The maximum atomic E-state index is 12.9. The number of piperazine rings is 1. The number of aromatic nitrogens is 2. The van der Waals surface area contributed by atoms with E-state index in [1.165, 1.54) is 13.4 Å². The van der Waals surface area contributed by atoms with Crippen molar-refractivity contribution in [3.8, 4) is 5.88 Å². The van der Waals surface area contributed by atoms with Crippen LogP contribution in [0.15, 0.2) is 6.33 Å². The first-order chi connectivity index (χ1) is 11.3. The number of anilines is 2. The van der Waals surface area contributed by atoms with Crippen molar-refractivity contribution in [1.29, 1.82) is 0 Å². The minimum absolute atomic E-state index is 0.141. The Bertz CT molecular complexity index is 578. The van der Waals surface area contributed by atoms with Gasteiger partial charge in [-0.05, 0) is 13.0 Å². The number of methoxy groups -OCH3 is 1. The Balaban J connectivity index is 2.25. The highest BCUT2D eigenvalue weighted by Gasteiger charge is 2.32. The topological polar surface area (TPSA) is 73.8 Å². The largest absolute Gasteiger partial charge is 0.479 e. The highest BCUT2D eigenvalue weighted by molar-refractivity contribution is 5.94. The Kier molecular flexibility index (Phi) is 5.82. The highest BCUT2D eigenvalue weighted by Crippen LogP contribution is 2.30. The molecule has 134 valence electrons. The summed E-state index contributed by atoms with van der Waals surface area (Å²) in [6, 6.07) is 0.0279. The summed E-state index contributed by atoms with van der Waals surface area (Å²) in [6.45, 7) is 6.70. The maximum Gasteiger partial charge on any atom is 0.322 e. The molecule has 1 atom stereocenters. The standard InChI is InChI=1S/C16H28N6O2/c1-11(2)12-9-21(5)7-8-22(12)16(23)19-13-14(20(3)4)17-10-18-15(13)24-6/h10-12H,7-9H2,1-6H3,(H,19,23). The number of nitrogens with one attached hydrogen (secondary N) is 1. The van der Waals surface area contributed by atoms with Crippen LogP contribution in [0.2, 0.25) is 0 Å². The monoisotopic (exact) mass is 336 g/mol. The summed E-state index contributed by atoms with van der Waals surface area (Å²) in [5.41, 5.74) is 0.497. The highest BCUT2D eigenvalue weighted by atomic mass is 16.5. The Morgan fingerprint density at radius 1 is 1.38 bits per heavy atom. The zero-order valence-electron chi connectivity index (χ0n) is 15.4. The van der Waals surface area contributed by atoms with Crippen molar-refractivity contribution in [3.05, 3.63) is 6.33 Å². The van der Waals surface area contributed by atoms with Gasteiger partial charge < -0.3 is 19.4 Å². The van der Waals surface area contributed by atoms with Gasteiger partial charge in [0.1, 0.15) is 12.0 Å². The van der Waals surface area contributed by atoms with Gasteiger partial charge in [0.15, 0.2) is 5.82 Å². The Morgan fingerprint density at radius 3 is 2.67 bits per heavy atom. The molecular weight excluding hydrogens is 308 g/mol. The molecular formula is C16H28N6O2. The SMILES string of the molecule is COc1ncnc(N(C)C)c1NC(=O)N1CCN(C)CC1C(C)C. The summed E-state index contributed by atoms with van der Waals surface area (Å²) < 4.78 is 5.30. The fourth-order valence-corrected chi connectivity index (χ4v) is 2.92. The predicted octanol–water partition coefficient (Wildman–Crippen LogP) is 1.36. The number of hydrogen-bond acceptors (Lipinski definition) is 6. The van der Waals surface area contributed by atoms with Crippen LogP contribution in [-0.4, -0.2) is 79.7 Å². The van der Waals surface area contributed by atoms with Gasteiger partial charge in [0.25, 0.3) is 0 Å². The van der Waals surface area contributed by atoms with E-state index >= 15 is 0 Å². The van der Waals surface area contributed by atoms with Crippen molar-refractivity contribution in [2.24, 2.45) is 5.92 Å². The summed E-state index contributed by atoms with van der Waals surface area (Å²) >= 11 is 0. The van der Waals surface area contributed by atoms with Gasteiger partial charge in [-0.2, -0.15) is 4.98 Å². The fraction of sp³-hybridized carbons (Fsp3) is 0.688. The molecule has 8 heteroatoms. The summed E-state index contributed by atoms with van der Waals surface area (Å²) in [7, 11) is 7.35. The third-order valence-corrected chi connectivity index (χ3v) is 4.29. The van der Waals surface area contributed by atoms with Crippen LogP contribution in [-0.2, 0) is 0 Å². The minimum atomic E-state index is -0.141. The molecule has 8 nitrogen and oxygen atoms in total. The predicted molar refractivity (Wildman–Crippen MR) is 94.8 cm³/mol. The number of likely N-dealkylation sites (N-methyl/N-ethyl adjacent to an activating group) is 1. The first-order valence-corrected chi connectivity index (χ1v) is 8.17. The number of nitrogens with zero attached hydrogens (tertiary/aromatic N) is 5. The molecule has 1 aliphatic rings. The summed E-state index contributed by atoms with van der Waals surface area (Å²) in [4.78, 5) is 27.2. The lowest BCUT2D eigenvalue weighted by Crippen LogP contribution is -2.57. The van der Waals surface area contributed by atoms with E-state index in [-0.39, 0.29) is 12.1 Å². The van der Waals surface area contributed by atoms with Crippen LogP contribution in [0.1, 0.15) is 13.8 Å². The van der Waals surface area contributed by atoms with Crippen molar-refractivity contribution in [2.75, 3.05) is 58.1 Å². The van der Waals surface area contributed by atoms with E-state index in [1.54, 1.807) is 0 Å². The van der Waals surface area contributed by atoms with Gasteiger partial charge in [-0.3, -0.25) is 5.32 Å². The normalized spacial score (nSPS) is 18.6. The number of urea groups is 1. The van der Waals surface area contributed by atoms with Gasteiger partial charge in [-0.1, -0.05) is 13.8 Å². The van der Waals surface area contributed by atoms with Crippen LogP contribution in [0.3, 0.4) is 0 Å². The van der Waals surface area contributed by atoms with Crippen LogP contribution in [0, 0.1) is 5.92 Å². The first-order valence-electron chi connectivity index (χ1n) is 8.17. The summed E-state index contributed by atoms with van der Waals surface area (Å²) in [6.07, 6.45) is 1.43. The van der Waals surface area contributed by atoms with E-state index in [0.29, 0.717) is 29.8 Å². The molecule has 1 N–H and O–H groups in total. The lowest BCUT2D eigenvalue weighted by Gasteiger charge is -2.42. The molecule has 2 rings (SSSR count). The molecule has 1 aromatic heterocycles. The van der Waals surface area contributed by atoms with Crippen LogP contribution >= 0.6 is 0 Å². The molecule has 1 aliphatic heterocycles. The number of hydrogen-bond donors (Lipinski definition) is 1. The molecule has 1 aromatic rings. The van der Waals surface area contributed by atoms with E-state index in [0.717, 1.165) is 13.1 Å². The molecule has 0 aromatic carbocycles. The average Bonchev–Trinajstić information content (AvgIpc) is 2.54. The third kappa shape index (κ3) is 3.87. The van der Waals surface area contributed by atoms with E-state index in [9.17, 15) is 4.79 Å². The lowest BCUT2D eigenvalue weighted by atomic mass is 10.0. The fourth-order valence-electron chi connectivity index (χ4n) is 2.92. The van der Waals surface area contributed by atoms with Crippen molar-refractivity contribution in [2.45, 2.75) is 19.9 Å². The second kappa shape index (κ2) is 7.65. The number of rotatable bonds is 4. The molecule has 1 unspecified atom stereocenters. The second-order valence-electron chi connectivity index (χ2n) is 6.67. The number of carbonyl (C=O) groups excluding carboxylic acids is 1. The lowest BCUT2D eigenvalue weighted by molar-refractivity contribution is 0.0921. The zero-order valence-corrected chi connectivity index (χ0v) is 15.4. The number of amides is 2. The van der Waals surface area contributed by atoms with Crippen LogP contribution in [0.5, 0.6) is 5.88 Å². The van der Waals surface area contributed by atoms with Gasteiger partial charge in [-0.15, -0.1) is 0 Å². The van der Waals surface area contributed by atoms with E-state index in [4.69, 9.17) is 4.74 Å². The van der Waals surface area contributed by atoms with Crippen molar-refractivity contribution >= 4 is 17.5 Å². The zero-order chi connectivity index (χ0) is 17.9. The molecule has 0 bridgehead atoms. The van der Waals surface area contributed by atoms with Gasteiger partial charge >= 0.3 is 6.03 Å². The molecule has 24 heavy (non-hydrogen) atoms. The minimum Gasteiger partial charge on any atom is -0.479 e. The molecule has 2 amide bonds. The number of carbonyl (C=O) groups is 1. The van der Waals surface area contributed by atoms with Gasteiger partial charge in [0.05, 0.1) is 7.11 Å². The quantitative estimate of drug-likeness (QED) is 0.895. The van der Waals surface area contributed by atoms with Crippen LogP contribution in [0.4, 0.5) is 16.3 Å². The third-order valence-electron chi connectivity index (χ3n) is 4.29. The van der Waals surface area contributed by atoms with Gasteiger partial charge in [0.2, 0.25) is 5.88 Å². The molecule has 1 fully saturated rings. The van der Waals surface area contributed by atoms with Gasteiger partial charge in [-0.25, -0.2) is 9.78 Å². The smallest absolute Gasteiger partial charge is 0.322 e. The number of ether oxygens (including phenoxy) is 1. The van der Waals surface area contributed by atoms with E-state index in [1.807, 2.05) is 23.9 Å².